The van der Waals surface area contributed by atoms with E-state index in [1.165, 1.54) is 23.8 Å². The molecule has 134 valence electrons. The number of carbonyl (C=O) groups is 2. The maximum Gasteiger partial charge on any atom is 0.283 e. The number of amides is 2. The van der Waals surface area contributed by atoms with Crippen LogP contribution < -0.4 is 10.2 Å². The molecule has 6 heteroatoms. The van der Waals surface area contributed by atoms with Crippen molar-refractivity contribution in [2.75, 3.05) is 10.2 Å². The molecule has 1 aliphatic heterocycles. The molecule has 1 heterocycles. The second-order valence-corrected chi connectivity index (χ2v) is 6.39. The molecule has 0 unspecified atom stereocenters. The number of unbranched alkanes of at least 4 members (excludes halogenated alkanes) is 1. The van der Waals surface area contributed by atoms with Crippen LogP contribution in [0.5, 0.6) is 0 Å². The van der Waals surface area contributed by atoms with Gasteiger partial charge in [0.1, 0.15) is 16.5 Å². The molecule has 26 heavy (non-hydrogen) atoms. The third-order valence-corrected chi connectivity index (χ3v) is 4.51. The molecule has 0 atom stereocenters. The summed E-state index contributed by atoms with van der Waals surface area (Å²) in [6, 6.07) is 13.2. The SMILES string of the molecule is CCCCc1ccc(NC2=C(Cl)C(=O)N(c3ccccc3F)C2=O)cc1. The van der Waals surface area contributed by atoms with Gasteiger partial charge in [-0.05, 0) is 42.7 Å². The molecule has 2 aromatic carbocycles. The summed E-state index contributed by atoms with van der Waals surface area (Å²) < 4.78 is 14.0. The fourth-order valence-electron chi connectivity index (χ4n) is 2.74. The summed E-state index contributed by atoms with van der Waals surface area (Å²) >= 11 is 6.05. The van der Waals surface area contributed by atoms with E-state index in [4.69, 9.17) is 11.6 Å². The highest BCUT2D eigenvalue weighted by Crippen LogP contribution is 2.31. The van der Waals surface area contributed by atoms with E-state index in [2.05, 4.69) is 12.2 Å². The van der Waals surface area contributed by atoms with Gasteiger partial charge in [-0.1, -0.05) is 49.2 Å². The van der Waals surface area contributed by atoms with Crippen LogP contribution in [0.15, 0.2) is 59.3 Å². The van der Waals surface area contributed by atoms with E-state index in [0.717, 1.165) is 24.2 Å². The lowest BCUT2D eigenvalue weighted by molar-refractivity contribution is -0.120. The summed E-state index contributed by atoms with van der Waals surface area (Å²) in [5, 5.41) is 2.63. The third kappa shape index (κ3) is 3.48. The Kier molecular flexibility index (Phi) is 5.38. The zero-order valence-corrected chi connectivity index (χ0v) is 15.0. The number of nitrogens with one attached hydrogen (secondary N) is 1. The Morgan fingerprint density at radius 3 is 2.38 bits per heavy atom. The second-order valence-electron chi connectivity index (χ2n) is 6.01. The summed E-state index contributed by atoms with van der Waals surface area (Å²) in [6.07, 6.45) is 3.21. The van der Waals surface area contributed by atoms with Crippen molar-refractivity contribution in [2.24, 2.45) is 0 Å². The van der Waals surface area contributed by atoms with Gasteiger partial charge in [-0.3, -0.25) is 9.59 Å². The molecule has 1 N–H and O–H groups in total. The third-order valence-electron chi connectivity index (χ3n) is 4.16. The fourth-order valence-corrected chi connectivity index (χ4v) is 2.96. The minimum atomic E-state index is -0.746. The average Bonchev–Trinajstić information content (AvgIpc) is 2.85. The first-order valence-corrected chi connectivity index (χ1v) is 8.79. The van der Waals surface area contributed by atoms with E-state index in [-0.39, 0.29) is 16.4 Å². The first kappa shape index (κ1) is 18.1. The maximum absolute atomic E-state index is 14.0. The van der Waals surface area contributed by atoms with E-state index in [0.29, 0.717) is 5.69 Å². The molecule has 0 spiro atoms. The lowest BCUT2D eigenvalue weighted by Gasteiger charge is -2.15. The number of halogens is 2. The second kappa shape index (κ2) is 7.70. The Balaban J connectivity index is 1.81. The van der Waals surface area contributed by atoms with Gasteiger partial charge >= 0.3 is 0 Å². The maximum atomic E-state index is 14.0. The van der Waals surface area contributed by atoms with Gasteiger partial charge < -0.3 is 5.32 Å². The molecule has 0 saturated heterocycles. The number of benzene rings is 2. The van der Waals surface area contributed by atoms with Crippen LogP contribution in [0, 0.1) is 5.82 Å². The van der Waals surface area contributed by atoms with Crippen molar-refractivity contribution >= 4 is 34.8 Å². The molecule has 0 radical (unpaired) electrons. The van der Waals surface area contributed by atoms with E-state index in [1.807, 2.05) is 24.3 Å². The van der Waals surface area contributed by atoms with Crippen LogP contribution in [-0.2, 0) is 16.0 Å². The van der Waals surface area contributed by atoms with Gasteiger partial charge in [0.05, 0.1) is 5.69 Å². The van der Waals surface area contributed by atoms with Gasteiger partial charge in [0.2, 0.25) is 0 Å². The first-order valence-electron chi connectivity index (χ1n) is 8.42. The number of rotatable bonds is 6. The standard InChI is InChI=1S/C20H18ClFN2O2/c1-2-3-6-13-9-11-14(12-10-13)23-18-17(21)19(25)24(20(18)26)16-8-5-4-7-15(16)22/h4-5,7-12,23H,2-3,6H2,1H3. The molecule has 4 nitrogen and oxygen atoms in total. The van der Waals surface area contributed by atoms with Gasteiger partial charge in [-0.25, -0.2) is 9.29 Å². The van der Waals surface area contributed by atoms with Crippen molar-refractivity contribution < 1.29 is 14.0 Å². The highest BCUT2D eigenvalue weighted by atomic mass is 35.5. The van der Waals surface area contributed by atoms with Crippen molar-refractivity contribution in [3.05, 3.63) is 70.6 Å². The van der Waals surface area contributed by atoms with Crippen molar-refractivity contribution in [1.29, 1.82) is 0 Å². The number of hydrogen-bond acceptors (Lipinski definition) is 3. The van der Waals surface area contributed by atoms with Crippen molar-refractivity contribution in [3.8, 4) is 0 Å². The number of imide groups is 1. The van der Waals surface area contributed by atoms with Crippen LogP contribution in [-0.4, -0.2) is 11.8 Å². The van der Waals surface area contributed by atoms with Crippen LogP contribution in [0.4, 0.5) is 15.8 Å². The first-order chi connectivity index (χ1) is 12.5. The van der Waals surface area contributed by atoms with E-state index in [1.54, 1.807) is 6.07 Å². The summed E-state index contributed by atoms with van der Waals surface area (Å²) in [5.41, 5.74) is 1.66. The van der Waals surface area contributed by atoms with Gasteiger partial charge in [-0.15, -0.1) is 0 Å². The van der Waals surface area contributed by atoms with E-state index < -0.39 is 17.6 Å². The van der Waals surface area contributed by atoms with Gasteiger partial charge in [0.25, 0.3) is 11.8 Å². The number of carbonyl (C=O) groups excluding carboxylic acids is 2. The highest BCUT2D eigenvalue weighted by Gasteiger charge is 2.40. The molecule has 0 bridgehead atoms. The summed E-state index contributed by atoms with van der Waals surface area (Å²) in [7, 11) is 0. The molecule has 0 aromatic heterocycles. The van der Waals surface area contributed by atoms with Gasteiger partial charge in [-0.2, -0.15) is 0 Å². The summed E-state index contributed by atoms with van der Waals surface area (Å²) in [4.78, 5) is 25.7. The molecule has 0 fully saturated rings. The number of anilines is 2. The van der Waals surface area contributed by atoms with Crippen LogP contribution >= 0.6 is 11.6 Å². The molecular weight excluding hydrogens is 355 g/mol. The predicted octanol–water partition coefficient (Wildman–Crippen LogP) is 4.60. The molecule has 2 amide bonds. The zero-order chi connectivity index (χ0) is 18.7. The predicted molar refractivity (Wildman–Crippen MR) is 100 cm³/mol. The van der Waals surface area contributed by atoms with E-state index >= 15 is 0 Å². The van der Waals surface area contributed by atoms with Gasteiger partial charge in [0, 0.05) is 5.69 Å². The Hall–Kier alpha value is -2.66. The topological polar surface area (TPSA) is 49.4 Å². The highest BCUT2D eigenvalue weighted by molar-refractivity contribution is 6.53. The van der Waals surface area contributed by atoms with E-state index in [9.17, 15) is 14.0 Å². The minimum Gasteiger partial charge on any atom is -0.350 e. The average molecular weight is 373 g/mol. The van der Waals surface area contributed by atoms with Crippen molar-refractivity contribution in [1.82, 2.24) is 0 Å². The Labute approximate surface area is 156 Å². The summed E-state index contributed by atoms with van der Waals surface area (Å²) in [6.45, 7) is 2.13. The number of nitrogens with zero attached hydrogens (tertiary/aromatic N) is 1. The van der Waals surface area contributed by atoms with Crippen LogP contribution in [0.3, 0.4) is 0 Å². The molecule has 1 aliphatic rings. The normalized spacial score (nSPS) is 14.3. The monoisotopic (exact) mass is 372 g/mol. The molecule has 2 aromatic rings. The van der Waals surface area contributed by atoms with Gasteiger partial charge in [0.15, 0.2) is 0 Å². The Bertz CT molecular complexity index is 878. The molecular formula is C20H18ClFN2O2. The molecule has 0 aliphatic carbocycles. The zero-order valence-electron chi connectivity index (χ0n) is 14.3. The Morgan fingerprint density at radius 2 is 1.73 bits per heavy atom. The van der Waals surface area contributed by atoms with Crippen LogP contribution in [0.1, 0.15) is 25.3 Å². The molecule has 0 saturated carbocycles. The Morgan fingerprint density at radius 1 is 1.04 bits per heavy atom. The quantitative estimate of drug-likeness (QED) is 0.753. The lowest BCUT2D eigenvalue weighted by atomic mass is 10.1. The fraction of sp³-hybridized carbons (Fsp3) is 0.200. The summed E-state index contributed by atoms with van der Waals surface area (Å²) in [5.74, 6) is -2.09. The minimum absolute atomic E-state index is 0.0544. The van der Waals surface area contributed by atoms with Crippen molar-refractivity contribution in [2.45, 2.75) is 26.2 Å². The van der Waals surface area contributed by atoms with Crippen LogP contribution in [0.2, 0.25) is 0 Å². The van der Waals surface area contributed by atoms with Crippen LogP contribution in [0.25, 0.3) is 0 Å². The van der Waals surface area contributed by atoms with Crippen molar-refractivity contribution in [3.63, 3.8) is 0 Å². The smallest absolute Gasteiger partial charge is 0.283 e. The number of hydrogen-bond donors (Lipinski definition) is 1. The largest absolute Gasteiger partial charge is 0.350 e. The lowest BCUT2D eigenvalue weighted by Crippen LogP contribution is -2.33. The molecule has 3 rings (SSSR count). The number of para-hydroxylation sites is 1. The number of aryl methyl sites for hydroxylation is 1.